The van der Waals surface area contributed by atoms with Crippen molar-refractivity contribution in [2.24, 2.45) is 5.92 Å². The van der Waals surface area contributed by atoms with Crippen molar-refractivity contribution in [2.45, 2.75) is 46.5 Å². The Labute approximate surface area is 212 Å². The lowest BCUT2D eigenvalue weighted by atomic mass is 10.0. The minimum Gasteiger partial charge on any atom is -0.475 e. The predicted octanol–water partition coefficient (Wildman–Crippen LogP) is 4.59. The zero-order chi connectivity index (χ0) is 27.2. The molecule has 1 aromatic carbocycles. The zero-order valence-corrected chi connectivity index (χ0v) is 21.0. The number of ether oxygens (including phenoxy) is 2. The van der Waals surface area contributed by atoms with Crippen molar-refractivity contribution in [2.75, 3.05) is 13.2 Å². The predicted molar refractivity (Wildman–Crippen MR) is 132 cm³/mol. The third kappa shape index (κ3) is 7.88. The molecule has 0 radical (unpaired) electrons. The van der Waals surface area contributed by atoms with Gasteiger partial charge in [-0.25, -0.2) is 9.97 Å². The summed E-state index contributed by atoms with van der Waals surface area (Å²) in [6, 6.07) is 7.82. The van der Waals surface area contributed by atoms with Crippen molar-refractivity contribution in [3.05, 3.63) is 64.1 Å². The van der Waals surface area contributed by atoms with Gasteiger partial charge in [-0.3, -0.25) is 9.59 Å². The Hall–Kier alpha value is -3.73. The van der Waals surface area contributed by atoms with E-state index in [-0.39, 0.29) is 41.6 Å². The summed E-state index contributed by atoms with van der Waals surface area (Å²) < 4.78 is 52.3. The van der Waals surface area contributed by atoms with Crippen LogP contribution in [0.2, 0.25) is 0 Å². The Morgan fingerprint density at radius 3 is 2.46 bits per heavy atom. The topological polar surface area (TPSA) is 106 Å². The molecular weight excluding hydrogens is 489 g/mol. The fourth-order valence-electron chi connectivity index (χ4n) is 3.32. The van der Waals surface area contributed by atoms with Crippen LogP contribution in [0, 0.1) is 5.92 Å². The van der Waals surface area contributed by atoms with Gasteiger partial charge in [-0.1, -0.05) is 19.9 Å². The molecule has 0 saturated carbocycles. The minimum atomic E-state index is -4.69. The van der Waals surface area contributed by atoms with E-state index < -0.39 is 17.3 Å². The highest BCUT2D eigenvalue weighted by Crippen LogP contribution is 2.36. The Balaban J connectivity index is 1.91. The van der Waals surface area contributed by atoms with Gasteiger partial charge in [0.25, 0.3) is 5.56 Å². The van der Waals surface area contributed by atoms with E-state index in [4.69, 9.17) is 9.47 Å². The van der Waals surface area contributed by atoms with Crippen LogP contribution in [0.25, 0.3) is 22.6 Å². The largest absolute Gasteiger partial charge is 0.475 e. The molecule has 0 fully saturated rings. The normalized spacial score (nSPS) is 11.7. The highest BCUT2D eigenvalue weighted by atomic mass is 19.4. The van der Waals surface area contributed by atoms with Gasteiger partial charge in [-0.15, -0.1) is 0 Å². The second-order valence-corrected chi connectivity index (χ2v) is 8.88. The molecule has 198 valence electrons. The summed E-state index contributed by atoms with van der Waals surface area (Å²) in [6.45, 7) is 7.96. The standard InChI is InChI=1S/C26H29F3N4O4/c1-15(2)25(35)31-13-17-5-7-20(26(27,28)29)19(11-17)24-32-21(12-22(34)33-24)18-6-8-23(30-14-18)37-10-9-36-16(3)4/h5-8,11-12,14-16H,9-10,13H2,1-4H3,(H,31,35)(H,32,33,34). The van der Waals surface area contributed by atoms with Crippen LogP contribution in [0.3, 0.4) is 0 Å². The first-order chi connectivity index (χ1) is 17.4. The van der Waals surface area contributed by atoms with E-state index in [0.29, 0.717) is 30.2 Å². The van der Waals surface area contributed by atoms with E-state index >= 15 is 0 Å². The number of nitrogens with one attached hydrogen (secondary N) is 2. The van der Waals surface area contributed by atoms with E-state index in [1.807, 2.05) is 13.8 Å². The van der Waals surface area contributed by atoms with Crippen LogP contribution in [0.15, 0.2) is 47.4 Å². The van der Waals surface area contributed by atoms with Crippen LogP contribution in [-0.4, -0.2) is 40.2 Å². The first-order valence-electron chi connectivity index (χ1n) is 11.7. The quantitative estimate of drug-likeness (QED) is 0.380. The number of carbonyl (C=O) groups is 1. The fourth-order valence-corrected chi connectivity index (χ4v) is 3.32. The molecule has 0 aliphatic rings. The van der Waals surface area contributed by atoms with Gasteiger partial charge in [0.1, 0.15) is 12.4 Å². The maximum absolute atomic E-state index is 13.8. The zero-order valence-electron chi connectivity index (χ0n) is 21.0. The minimum absolute atomic E-state index is 0.0274. The molecule has 0 aliphatic carbocycles. The summed E-state index contributed by atoms with van der Waals surface area (Å²) in [5.41, 5.74) is -0.898. The Bertz CT molecular complexity index is 1270. The van der Waals surface area contributed by atoms with Gasteiger partial charge in [-0.05, 0) is 37.6 Å². The van der Waals surface area contributed by atoms with Crippen LogP contribution in [-0.2, 0) is 22.3 Å². The second kappa shape index (κ2) is 12.0. The molecule has 2 N–H and O–H groups in total. The van der Waals surface area contributed by atoms with Crippen molar-refractivity contribution in [3.8, 4) is 28.5 Å². The molecule has 1 amide bonds. The molecule has 0 aliphatic heterocycles. The summed E-state index contributed by atoms with van der Waals surface area (Å²) in [4.78, 5) is 35.2. The van der Waals surface area contributed by atoms with Crippen molar-refractivity contribution in [1.82, 2.24) is 20.3 Å². The number of nitrogens with zero attached hydrogens (tertiary/aromatic N) is 2. The van der Waals surface area contributed by atoms with E-state index in [9.17, 15) is 22.8 Å². The smallest absolute Gasteiger partial charge is 0.417 e. The van der Waals surface area contributed by atoms with Gasteiger partial charge in [0.2, 0.25) is 11.8 Å². The summed E-state index contributed by atoms with van der Waals surface area (Å²) in [7, 11) is 0. The Kier molecular flexibility index (Phi) is 9.04. The number of H-pyrrole nitrogens is 1. The number of halogens is 3. The Morgan fingerprint density at radius 1 is 1.08 bits per heavy atom. The fraction of sp³-hybridized carbons (Fsp3) is 0.385. The van der Waals surface area contributed by atoms with E-state index in [1.54, 1.807) is 26.0 Å². The molecule has 11 heteroatoms. The van der Waals surface area contributed by atoms with Crippen LogP contribution in [0.1, 0.15) is 38.8 Å². The van der Waals surface area contributed by atoms with Crippen molar-refractivity contribution < 1.29 is 27.4 Å². The third-order valence-corrected chi connectivity index (χ3v) is 5.19. The number of carbonyl (C=O) groups excluding carboxylic acids is 1. The average Bonchev–Trinajstić information content (AvgIpc) is 2.84. The van der Waals surface area contributed by atoms with Gasteiger partial charge in [0.05, 0.1) is 24.0 Å². The summed E-state index contributed by atoms with van der Waals surface area (Å²) >= 11 is 0. The van der Waals surface area contributed by atoms with Crippen LogP contribution < -0.4 is 15.6 Å². The highest BCUT2D eigenvalue weighted by molar-refractivity contribution is 5.78. The van der Waals surface area contributed by atoms with Gasteiger partial charge >= 0.3 is 6.18 Å². The van der Waals surface area contributed by atoms with E-state index in [2.05, 4.69) is 20.3 Å². The van der Waals surface area contributed by atoms with Crippen molar-refractivity contribution in [1.29, 1.82) is 0 Å². The second-order valence-electron chi connectivity index (χ2n) is 8.88. The number of amides is 1. The molecule has 0 saturated heterocycles. The molecule has 3 aromatic rings. The highest BCUT2D eigenvalue weighted by Gasteiger charge is 2.34. The number of benzene rings is 1. The molecule has 0 bridgehead atoms. The number of aromatic amines is 1. The Morgan fingerprint density at radius 2 is 1.84 bits per heavy atom. The maximum atomic E-state index is 13.8. The first kappa shape index (κ1) is 27.9. The molecule has 37 heavy (non-hydrogen) atoms. The van der Waals surface area contributed by atoms with Crippen LogP contribution in [0.5, 0.6) is 5.88 Å². The molecule has 0 unspecified atom stereocenters. The summed E-state index contributed by atoms with van der Waals surface area (Å²) in [6.07, 6.45) is -3.19. The first-order valence-corrected chi connectivity index (χ1v) is 11.7. The summed E-state index contributed by atoms with van der Waals surface area (Å²) in [5, 5.41) is 2.67. The third-order valence-electron chi connectivity index (χ3n) is 5.19. The lowest BCUT2D eigenvalue weighted by Crippen LogP contribution is -2.27. The molecule has 8 nitrogen and oxygen atoms in total. The lowest BCUT2D eigenvalue weighted by molar-refractivity contribution is -0.137. The van der Waals surface area contributed by atoms with Gasteiger partial charge < -0.3 is 19.8 Å². The number of hydrogen-bond donors (Lipinski definition) is 2. The monoisotopic (exact) mass is 518 g/mol. The van der Waals surface area contributed by atoms with E-state index in [0.717, 1.165) is 6.07 Å². The lowest BCUT2D eigenvalue weighted by Gasteiger charge is -2.15. The molecule has 2 heterocycles. The van der Waals surface area contributed by atoms with Crippen molar-refractivity contribution >= 4 is 5.91 Å². The van der Waals surface area contributed by atoms with E-state index in [1.165, 1.54) is 24.4 Å². The van der Waals surface area contributed by atoms with Gasteiger partial charge in [0.15, 0.2) is 0 Å². The van der Waals surface area contributed by atoms with Crippen LogP contribution >= 0.6 is 0 Å². The molecule has 0 atom stereocenters. The number of rotatable bonds is 10. The number of hydrogen-bond acceptors (Lipinski definition) is 6. The molecule has 3 rings (SSSR count). The maximum Gasteiger partial charge on any atom is 0.417 e. The van der Waals surface area contributed by atoms with Gasteiger partial charge in [0, 0.05) is 41.9 Å². The number of aromatic nitrogens is 3. The molecular formula is C26H29F3N4O4. The SMILES string of the molecule is CC(C)OCCOc1ccc(-c2cc(=O)[nH]c(-c3cc(CNC(=O)C(C)C)ccc3C(F)(F)F)n2)cn1. The number of pyridine rings is 1. The molecule has 0 spiro atoms. The summed E-state index contributed by atoms with van der Waals surface area (Å²) in [5.74, 6) is -0.431. The average molecular weight is 519 g/mol. The van der Waals surface area contributed by atoms with Crippen LogP contribution in [0.4, 0.5) is 13.2 Å². The number of alkyl halides is 3. The molecule has 2 aromatic heterocycles. The van der Waals surface area contributed by atoms with Gasteiger partial charge in [-0.2, -0.15) is 13.2 Å². The van der Waals surface area contributed by atoms with Crippen molar-refractivity contribution in [3.63, 3.8) is 0 Å².